The molecule has 6 heteroatoms. The van der Waals surface area contributed by atoms with Crippen molar-refractivity contribution in [1.82, 2.24) is 0 Å². The summed E-state index contributed by atoms with van der Waals surface area (Å²) in [6.07, 6.45) is 0. The van der Waals surface area contributed by atoms with Crippen molar-refractivity contribution in [3.8, 4) is 17.2 Å². The first-order valence-corrected chi connectivity index (χ1v) is 8.64. The minimum atomic E-state index is -1.84. The van der Waals surface area contributed by atoms with Crippen LogP contribution in [0.15, 0.2) is 42.5 Å². The van der Waals surface area contributed by atoms with Gasteiger partial charge in [-0.15, -0.1) is 0 Å². The van der Waals surface area contributed by atoms with Crippen LogP contribution in [0, 0.1) is 0 Å². The zero-order valence-corrected chi connectivity index (χ0v) is 14.9. The van der Waals surface area contributed by atoms with Crippen molar-refractivity contribution in [3.63, 3.8) is 0 Å². The standard InChI is InChI=1S/C18H19O5P/c1-18(2,3)14-11-12(20-4)9-10-16(14)22-24-21-15-8-6-5-7-13(15)17(19)23-24/h5-11H,1-4H3/t24-/m1/s1. The highest BCUT2D eigenvalue weighted by Gasteiger charge is 2.33. The van der Waals surface area contributed by atoms with Gasteiger partial charge in [-0.1, -0.05) is 32.9 Å². The molecule has 126 valence electrons. The molecule has 0 aliphatic carbocycles. The molecule has 0 fully saturated rings. The van der Waals surface area contributed by atoms with Crippen LogP contribution in [-0.2, 0) is 9.94 Å². The topological polar surface area (TPSA) is 54.0 Å². The lowest BCUT2D eigenvalue weighted by Crippen LogP contribution is -2.17. The van der Waals surface area contributed by atoms with Gasteiger partial charge in [-0.05, 0) is 35.7 Å². The molecule has 0 saturated carbocycles. The molecule has 24 heavy (non-hydrogen) atoms. The molecule has 1 aliphatic heterocycles. The van der Waals surface area contributed by atoms with Crippen LogP contribution in [0.1, 0.15) is 36.7 Å². The molecule has 0 N–H and O–H groups in total. The molecule has 0 amide bonds. The number of carbonyl (C=O) groups is 1. The number of fused-ring (bicyclic) bond motifs is 1. The quantitative estimate of drug-likeness (QED) is 0.744. The summed E-state index contributed by atoms with van der Waals surface area (Å²) >= 11 is 0. The maximum absolute atomic E-state index is 12.1. The van der Waals surface area contributed by atoms with Gasteiger partial charge in [-0.25, -0.2) is 4.79 Å². The molecular weight excluding hydrogens is 327 g/mol. The first-order chi connectivity index (χ1) is 11.4. The normalized spacial score (nSPS) is 16.7. The average molecular weight is 346 g/mol. The third kappa shape index (κ3) is 3.31. The number of ether oxygens (including phenoxy) is 1. The van der Waals surface area contributed by atoms with Gasteiger partial charge < -0.3 is 18.3 Å². The minimum absolute atomic E-state index is 0.170. The maximum Gasteiger partial charge on any atom is 0.532 e. The lowest BCUT2D eigenvalue weighted by molar-refractivity contribution is 0.0697. The third-order valence-corrected chi connectivity index (χ3v) is 4.61. The zero-order valence-electron chi connectivity index (χ0n) is 14.0. The van der Waals surface area contributed by atoms with Gasteiger partial charge in [0.15, 0.2) is 0 Å². The first kappa shape index (κ1) is 16.6. The van der Waals surface area contributed by atoms with Crippen molar-refractivity contribution in [1.29, 1.82) is 0 Å². The summed E-state index contributed by atoms with van der Waals surface area (Å²) in [6, 6.07) is 12.5. The van der Waals surface area contributed by atoms with E-state index in [-0.39, 0.29) is 5.41 Å². The molecule has 0 saturated heterocycles. The summed E-state index contributed by atoms with van der Waals surface area (Å²) in [5, 5.41) is 0. The lowest BCUT2D eigenvalue weighted by atomic mass is 9.86. The molecule has 0 bridgehead atoms. The first-order valence-electron chi connectivity index (χ1n) is 7.54. The summed E-state index contributed by atoms with van der Waals surface area (Å²) in [6.45, 7) is 6.22. The number of hydrogen-bond donors (Lipinski definition) is 0. The second kappa shape index (κ2) is 6.33. The van der Waals surface area contributed by atoms with E-state index in [9.17, 15) is 4.79 Å². The van der Waals surface area contributed by atoms with Crippen LogP contribution in [0.25, 0.3) is 0 Å². The number of benzene rings is 2. The van der Waals surface area contributed by atoms with Crippen LogP contribution in [0.5, 0.6) is 17.2 Å². The van der Waals surface area contributed by atoms with Gasteiger partial charge in [-0.2, -0.15) is 0 Å². The van der Waals surface area contributed by atoms with E-state index in [1.54, 1.807) is 43.5 Å². The molecule has 0 unspecified atom stereocenters. The molecule has 1 aliphatic rings. The Bertz CT molecular complexity index is 766. The fourth-order valence-corrected chi connectivity index (χ4v) is 3.34. The van der Waals surface area contributed by atoms with Gasteiger partial charge in [0.25, 0.3) is 0 Å². The fraction of sp³-hybridized carbons (Fsp3) is 0.278. The predicted molar refractivity (Wildman–Crippen MR) is 91.7 cm³/mol. The molecule has 3 rings (SSSR count). The molecule has 1 atom stereocenters. The minimum Gasteiger partial charge on any atom is -0.497 e. The molecule has 2 aromatic rings. The summed E-state index contributed by atoms with van der Waals surface area (Å²) in [4.78, 5) is 12.1. The Labute approximate surface area is 142 Å². The van der Waals surface area contributed by atoms with Gasteiger partial charge in [0.1, 0.15) is 22.8 Å². The summed E-state index contributed by atoms with van der Waals surface area (Å²) in [5.41, 5.74) is 1.19. The molecular formula is C18H19O5P. The molecule has 2 aromatic carbocycles. The van der Waals surface area contributed by atoms with Crippen LogP contribution >= 0.6 is 8.60 Å². The van der Waals surface area contributed by atoms with Gasteiger partial charge >= 0.3 is 14.6 Å². The lowest BCUT2D eigenvalue weighted by Gasteiger charge is -2.26. The number of carbonyl (C=O) groups excluding carboxylic acids is 1. The highest BCUT2D eigenvalue weighted by Crippen LogP contribution is 2.49. The molecule has 1 heterocycles. The Morgan fingerprint density at radius 1 is 1.04 bits per heavy atom. The third-order valence-electron chi connectivity index (χ3n) is 3.60. The highest BCUT2D eigenvalue weighted by molar-refractivity contribution is 7.43. The van der Waals surface area contributed by atoms with E-state index in [0.717, 1.165) is 11.3 Å². The fourth-order valence-electron chi connectivity index (χ4n) is 2.35. The van der Waals surface area contributed by atoms with E-state index < -0.39 is 14.6 Å². The number of methoxy groups -OCH3 is 1. The van der Waals surface area contributed by atoms with Crippen LogP contribution in [0.4, 0.5) is 0 Å². The Morgan fingerprint density at radius 2 is 1.79 bits per heavy atom. The van der Waals surface area contributed by atoms with Crippen LogP contribution in [-0.4, -0.2) is 13.1 Å². The molecule has 0 spiro atoms. The van der Waals surface area contributed by atoms with Crippen molar-refractivity contribution < 1.29 is 23.1 Å². The summed E-state index contributed by atoms with van der Waals surface area (Å²) in [5.74, 6) is 1.40. The van der Waals surface area contributed by atoms with Crippen LogP contribution < -0.4 is 13.8 Å². The van der Waals surface area contributed by atoms with E-state index in [1.807, 2.05) is 6.07 Å². The average Bonchev–Trinajstić information content (AvgIpc) is 2.54. The number of hydrogen-bond acceptors (Lipinski definition) is 5. The SMILES string of the molecule is COc1ccc(O[P@]2OC(=O)c3ccccc3O2)c(C(C)(C)C)c1. The number of para-hydroxylation sites is 1. The van der Waals surface area contributed by atoms with E-state index in [1.165, 1.54) is 0 Å². The second-order valence-corrected chi connectivity index (χ2v) is 7.39. The molecule has 0 aromatic heterocycles. The summed E-state index contributed by atoms with van der Waals surface area (Å²) in [7, 11) is -0.221. The number of rotatable bonds is 3. The largest absolute Gasteiger partial charge is 0.532 e. The highest BCUT2D eigenvalue weighted by atomic mass is 31.2. The van der Waals surface area contributed by atoms with Crippen molar-refractivity contribution in [2.24, 2.45) is 0 Å². The van der Waals surface area contributed by atoms with Crippen molar-refractivity contribution in [2.45, 2.75) is 26.2 Å². The van der Waals surface area contributed by atoms with E-state index in [4.69, 9.17) is 18.3 Å². The molecule has 5 nitrogen and oxygen atoms in total. The monoisotopic (exact) mass is 346 g/mol. The second-order valence-electron chi connectivity index (χ2n) is 6.39. The van der Waals surface area contributed by atoms with E-state index >= 15 is 0 Å². The van der Waals surface area contributed by atoms with Crippen LogP contribution in [0.2, 0.25) is 0 Å². The maximum atomic E-state index is 12.1. The Morgan fingerprint density at radius 3 is 2.50 bits per heavy atom. The Balaban J connectivity index is 1.88. The van der Waals surface area contributed by atoms with Gasteiger partial charge in [0.2, 0.25) is 0 Å². The Kier molecular flexibility index (Phi) is 4.37. The smallest absolute Gasteiger partial charge is 0.497 e. The molecule has 0 radical (unpaired) electrons. The van der Waals surface area contributed by atoms with E-state index in [2.05, 4.69) is 20.8 Å². The van der Waals surface area contributed by atoms with Gasteiger partial charge in [0.05, 0.1) is 7.11 Å². The zero-order chi connectivity index (χ0) is 17.3. The van der Waals surface area contributed by atoms with Crippen molar-refractivity contribution in [2.75, 3.05) is 7.11 Å². The van der Waals surface area contributed by atoms with Crippen molar-refractivity contribution in [3.05, 3.63) is 53.6 Å². The predicted octanol–water partition coefficient (Wildman–Crippen LogP) is 4.85. The summed E-state index contributed by atoms with van der Waals surface area (Å²) < 4.78 is 22.2. The van der Waals surface area contributed by atoms with Gasteiger partial charge in [0, 0.05) is 5.56 Å². The van der Waals surface area contributed by atoms with Crippen LogP contribution in [0.3, 0.4) is 0 Å². The van der Waals surface area contributed by atoms with Gasteiger partial charge in [-0.3, -0.25) is 0 Å². The van der Waals surface area contributed by atoms with E-state index in [0.29, 0.717) is 17.1 Å². The van der Waals surface area contributed by atoms with Crippen molar-refractivity contribution >= 4 is 14.6 Å². The Hall–Kier alpha value is -2.26.